The summed E-state index contributed by atoms with van der Waals surface area (Å²) in [6.45, 7) is 4.00. The van der Waals surface area contributed by atoms with E-state index < -0.39 is 11.7 Å². The number of fused-ring (bicyclic) bond motifs is 3. The molecule has 2 aliphatic rings. The highest BCUT2D eigenvalue weighted by Gasteiger charge is 2.43. The number of nitrogens with zero attached hydrogens (tertiary/aromatic N) is 5. The lowest BCUT2D eigenvalue weighted by Gasteiger charge is -2.38. The predicted molar refractivity (Wildman–Crippen MR) is 126 cm³/mol. The van der Waals surface area contributed by atoms with E-state index in [9.17, 15) is 13.2 Å². The third-order valence-electron chi connectivity index (χ3n) is 6.94. The number of aryl methyl sites for hydroxylation is 1. The van der Waals surface area contributed by atoms with Crippen molar-refractivity contribution in [1.29, 1.82) is 0 Å². The molecule has 3 atom stereocenters. The van der Waals surface area contributed by atoms with Crippen LogP contribution < -0.4 is 10.2 Å². The Balaban J connectivity index is 1.24. The largest absolute Gasteiger partial charge is 0.416 e. The van der Waals surface area contributed by atoms with Crippen molar-refractivity contribution in [3.8, 4) is 11.1 Å². The molecule has 4 aromatic rings. The summed E-state index contributed by atoms with van der Waals surface area (Å²) in [5, 5.41) is 9.44. The first-order valence-electron chi connectivity index (χ1n) is 11.3. The van der Waals surface area contributed by atoms with Gasteiger partial charge in [0.2, 0.25) is 5.95 Å². The summed E-state index contributed by atoms with van der Waals surface area (Å²) in [5.41, 5.74) is 2.43. The molecule has 0 unspecified atom stereocenters. The first kappa shape index (κ1) is 21.4. The Morgan fingerprint density at radius 1 is 1.06 bits per heavy atom. The van der Waals surface area contributed by atoms with E-state index in [0.29, 0.717) is 35.0 Å². The van der Waals surface area contributed by atoms with Crippen LogP contribution in [0.4, 0.5) is 24.1 Å². The average molecular weight is 485 g/mol. The van der Waals surface area contributed by atoms with Crippen molar-refractivity contribution < 1.29 is 13.2 Å². The summed E-state index contributed by atoms with van der Waals surface area (Å²) in [6, 6.07) is 11.3. The fourth-order valence-electron chi connectivity index (χ4n) is 5.32. The van der Waals surface area contributed by atoms with Crippen molar-refractivity contribution in [2.45, 2.75) is 32.0 Å². The number of anilines is 2. The maximum absolute atomic E-state index is 13.0. The van der Waals surface area contributed by atoms with Gasteiger partial charge >= 0.3 is 6.18 Å². The lowest BCUT2D eigenvalue weighted by Crippen LogP contribution is -2.48. The molecule has 0 radical (unpaired) electrons. The van der Waals surface area contributed by atoms with E-state index in [4.69, 9.17) is 4.98 Å². The van der Waals surface area contributed by atoms with Gasteiger partial charge in [-0.05, 0) is 79.0 Å². The zero-order valence-corrected chi connectivity index (χ0v) is 19.3. The van der Waals surface area contributed by atoms with E-state index in [1.54, 1.807) is 16.0 Å². The molecular formula is C24H23F3N6S. The van der Waals surface area contributed by atoms with Gasteiger partial charge in [-0.3, -0.25) is 0 Å². The van der Waals surface area contributed by atoms with E-state index >= 15 is 0 Å². The molecule has 0 amide bonds. The van der Waals surface area contributed by atoms with Crippen LogP contribution in [0.1, 0.15) is 24.1 Å². The lowest BCUT2D eigenvalue weighted by atomic mass is 9.92. The van der Waals surface area contributed by atoms with E-state index in [1.807, 2.05) is 25.3 Å². The van der Waals surface area contributed by atoms with E-state index in [-0.39, 0.29) is 0 Å². The maximum atomic E-state index is 13.0. The van der Waals surface area contributed by atoms with Crippen LogP contribution in [0.15, 0.2) is 48.7 Å². The van der Waals surface area contributed by atoms with Crippen LogP contribution in [-0.2, 0) is 6.18 Å². The lowest BCUT2D eigenvalue weighted by molar-refractivity contribution is -0.137. The van der Waals surface area contributed by atoms with Crippen LogP contribution in [0, 0.1) is 18.8 Å². The van der Waals surface area contributed by atoms with Crippen LogP contribution >= 0.6 is 11.5 Å². The van der Waals surface area contributed by atoms with Gasteiger partial charge in [-0.15, -0.1) is 5.10 Å². The van der Waals surface area contributed by atoms with Crippen molar-refractivity contribution >= 4 is 28.1 Å². The molecular weight excluding hydrogens is 461 g/mol. The molecule has 1 saturated carbocycles. The highest BCUT2D eigenvalue weighted by molar-refractivity contribution is 7.10. The fraction of sp³-hybridized carbons (Fsp3) is 0.375. The number of hydrogen-bond acceptors (Lipinski definition) is 6. The van der Waals surface area contributed by atoms with Gasteiger partial charge in [0, 0.05) is 30.9 Å². The first-order valence-corrected chi connectivity index (χ1v) is 12.1. The summed E-state index contributed by atoms with van der Waals surface area (Å²) in [5.74, 6) is 1.56. The topological polar surface area (TPSA) is 58.4 Å². The summed E-state index contributed by atoms with van der Waals surface area (Å²) < 4.78 is 45.0. The van der Waals surface area contributed by atoms with Gasteiger partial charge in [-0.25, -0.2) is 4.52 Å². The highest BCUT2D eigenvalue weighted by atomic mass is 32.1. The van der Waals surface area contributed by atoms with E-state index in [2.05, 4.69) is 25.8 Å². The molecule has 6 nitrogen and oxygen atoms in total. The summed E-state index contributed by atoms with van der Waals surface area (Å²) in [6.07, 6.45) is -0.212. The number of nitrogens with one attached hydrogen (secondary N) is 1. The van der Waals surface area contributed by atoms with Gasteiger partial charge < -0.3 is 10.2 Å². The summed E-state index contributed by atoms with van der Waals surface area (Å²) in [4.78, 5) is 7.18. The number of alkyl halides is 3. The van der Waals surface area contributed by atoms with Gasteiger partial charge in [0.05, 0.1) is 11.3 Å². The van der Waals surface area contributed by atoms with Gasteiger partial charge in [0.1, 0.15) is 5.00 Å². The average Bonchev–Trinajstić information content (AvgIpc) is 3.48. The molecule has 1 N–H and O–H groups in total. The smallest absolute Gasteiger partial charge is 0.361 e. The molecule has 4 heterocycles. The Morgan fingerprint density at radius 3 is 2.44 bits per heavy atom. The Labute approximate surface area is 198 Å². The molecule has 1 saturated heterocycles. The minimum atomic E-state index is -4.36. The molecule has 2 bridgehead atoms. The molecule has 0 spiro atoms. The quantitative estimate of drug-likeness (QED) is 0.414. The van der Waals surface area contributed by atoms with Crippen molar-refractivity contribution in [1.82, 2.24) is 19.0 Å². The molecule has 1 aliphatic heterocycles. The SMILES string of the molecule is Cc1cc(N2C[C@H]3CC[C@@H](C2)[C@@H]3Nc2nc3c(-c4ccc(C(F)(F)F)cc4)cccn3n2)sn1. The number of rotatable bonds is 4. The predicted octanol–water partition coefficient (Wildman–Crippen LogP) is 5.51. The van der Waals surface area contributed by atoms with Crippen molar-refractivity contribution in [3.05, 3.63) is 59.9 Å². The number of pyridine rings is 1. The van der Waals surface area contributed by atoms with Gasteiger partial charge in [-0.2, -0.15) is 22.5 Å². The molecule has 176 valence electrons. The number of piperidine rings is 1. The number of aromatic nitrogens is 4. The van der Waals surface area contributed by atoms with Crippen molar-refractivity contribution in [3.63, 3.8) is 0 Å². The van der Waals surface area contributed by atoms with E-state index in [1.165, 1.54) is 30.0 Å². The monoisotopic (exact) mass is 484 g/mol. The number of hydrogen-bond donors (Lipinski definition) is 1. The third-order valence-corrected chi connectivity index (χ3v) is 7.88. The van der Waals surface area contributed by atoms with Crippen LogP contribution in [0.25, 0.3) is 16.8 Å². The maximum Gasteiger partial charge on any atom is 0.416 e. The minimum Gasteiger partial charge on any atom is -0.361 e. The van der Waals surface area contributed by atoms with Crippen molar-refractivity contribution in [2.75, 3.05) is 23.3 Å². The van der Waals surface area contributed by atoms with Gasteiger partial charge in [0.15, 0.2) is 5.65 Å². The fourth-order valence-corrected chi connectivity index (χ4v) is 6.10. The highest BCUT2D eigenvalue weighted by Crippen LogP contribution is 2.41. The Morgan fingerprint density at radius 2 is 1.79 bits per heavy atom. The minimum absolute atomic E-state index is 0.303. The van der Waals surface area contributed by atoms with Crippen LogP contribution in [0.2, 0.25) is 0 Å². The van der Waals surface area contributed by atoms with Crippen LogP contribution in [-0.4, -0.2) is 38.1 Å². The normalized spacial score (nSPS) is 22.5. The van der Waals surface area contributed by atoms with Crippen LogP contribution in [0.3, 0.4) is 0 Å². The molecule has 6 rings (SSSR count). The number of halogens is 3. The standard InChI is InChI=1S/C24H23F3N6S/c1-14-11-20(34-31-14)32-12-16-4-5-17(13-32)21(16)28-23-29-22-19(3-2-10-33(22)30-23)15-6-8-18(9-7-15)24(25,26)27/h2-3,6-11,16-17,21H,4-5,12-13H2,1H3,(H,28,30)/t16-,17+,21-. The third kappa shape index (κ3) is 3.79. The zero-order valence-electron chi connectivity index (χ0n) is 18.5. The van der Waals surface area contributed by atoms with Gasteiger partial charge in [0.25, 0.3) is 0 Å². The number of benzene rings is 1. The zero-order chi connectivity index (χ0) is 23.4. The second kappa shape index (κ2) is 7.97. The summed E-state index contributed by atoms with van der Waals surface area (Å²) in [7, 11) is 0. The Kier molecular flexibility index (Phi) is 5.02. The van der Waals surface area contributed by atoms with E-state index in [0.717, 1.165) is 36.5 Å². The van der Waals surface area contributed by atoms with Crippen molar-refractivity contribution in [2.24, 2.45) is 11.8 Å². The summed E-state index contributed by atoms with van der Waals surface area (Å²) >= 11 is 1.56. The molecule has 1 aliphatic carbocycles. The second-order valence-corrected chi connectivity index (χ2v) is 9.96. The van der Waals surface area contributed by atoms with Crippen LogP contribution in [0.5, 0.6) is 0 Å². The first-order chi connectivity index (χ1) is 16.3. The molecule has 2 fully saturated rings. The Hall–Kier alpha value is -3.14. The second-order valence-electron chi connectivity index (χ2n) is 9.18. The molecule has 1 aromatic carbocycles. The van der Waals surface area contributed by atoms with Gasteiger partial charge in [-0.1, -0.05) is 12.1 Å². The molecule has 34 heavy (non-hydrogen) atoms. The molecule has 10 heteroatoms. The Bertz CT molecular complexity index is 1310. The molecule has 3 aromatic heterocycles.